The molecule has 0 rings (SSSR count). The molecule has 0 radical (unpaired) electrons. The van der Waals surface area contributed by atoms with Gasteiger partial charge in [0.1, 0.15) is 6.67 Å². The van der Waals surface area contributed by atoms with Gasteiger partial charge in [-0.15, -0.1) is 0 Å². The van der Waals surface area contributed by atoms with Crippen LogP contribution < -0.4 is 5.32 Å². The quantitative estimate of drug-likeness (QED) is 0.559. The Kier molecular flexibility index (Phi) is 7.84. The smallest absolute Gasteiger partial charge is 0.102 e. The summed E-state index contributed by atoms with van der Waals surface area (Å²) in [6.07, 6.45) is 2.32. The number of unbranched alkanes of at least 4 members (excludes halogenated alkanes) is 1. The summed E-state index contributed by atoms with van der Waals surface area (Å²) in [5.41, 5.74) is 0. The third kappa shape index (κ3) is 9.85. The number of nitrogens with one attached hydrogen (secondary N) is 1. The van der Waals surface area contributed by atoms with Gasteiger partial charge in [0.15, 0.2) is 0 Å². The van der Waals surface area contributed by atoms with Crippen molar-refractivity contribution in [3.63, 3.8) is 0 Å². The third-order valence-electron chi connectivity index (χ3n) is 1.48. The van der Waals surface area contributed by atoms with Crippen molar-refractivity contribution in [3.8, 4) is 0 Å². The Balaban J connectivity index is 2.80. The van der Waals surface area contributed by atoms with Crippen LogP contribution in [-0.4, -0.2) is 45.3 Å². The molecule has 68 valence electrons. The average molecular weight is 162 g/mol. The van der Waals surface area contributed by atoms with Gasteiger partial charge in [0, 0.05) is 6.54 Å². The lowest BCUT2D eigenvalue weighted by Crippen LogP contribution is -2.20. The van der Waals surface area contributed by atoms with Gasteiger partial charge in [-0.05, 0) is 40.0 Å². The van der Waals surface area contributed by atoms with Crippen LogP contribution in [0.4, 0.5) is 4.39 Å². The standard InChI is InChI=1S/C8H19FN2/c1-11(2)8-4-3-6-10-7-5-9/h10H,3-8H2,1-2H3. The van der Waals surface area contributed by atoms with Gasteiger partial charge < -0.3 is 10.2 Å². The number of hydrogen-bond acceptors (Lipinski definition) is 2. The van der Waals surface area contributed by atoms with E-state index in [4.69, 9.17) is 0 Å². The first-order valence-electron chi connectivity index (χ1n) is 4.19. The van der Waals surface area contributed by atoms with E-state index in [0.29, 0.717) is 6.54 Å². The molecule has 0 heterocycles. The summed E-state index contributed by atoms with van der Waals surface area (Å²) in [7, 11) is 4.13. The zero-order valence-corrected chi connectivity index (χ0v) is 7.57. The summed E-state index contributed by atoms with van der Waals surface area (Å²) in [5.74, 6) is 0. The van der Waals surface area contributed by atoms with Crippen LogP contribution in [0.1, 0.15) is 12.8 Å². The molecule has 2 nitrogen and oxygen atoms in total. The molecule has 0 aliphatic rings. The summed E-state index contributed by atoms with van der Waals surface area (Å²) in [6, 6.07) is 0. The predicted octanol–water partition coefficient (Wildman–Crippen LogP) is 0.887. The van der Waals surface area contributed by atoms with E-state index < -0.39 is 0 Å². The lowest BCUT2D eigenvalue weighted by atomic mass is 10.3. The Morgan fingerprint density at radius 2 is 1.91 bits per heavy atom. The van der Waals surface area contributed by atoms with Crippen molar-refractivity contribution < 1.29 is 4.39 Å². The van der Waals surface area contributed by atoms with Gasteiger partial charge >= 0.3 is 0 Å². The van der Waals surface area contributed by atoms with Gasteiger partial charge in [-0.25, -0.2) is 4.39 Å². The molecule has 1 N–H and O–H groups in total. The van der Waals surface area contributed by atoms with E-state index in [1.54, 1.807) is 0 Å². The highest BCUT2D eigenvalue weighted by molar-refractivity contribution is 4.49. The fourth-order valence-corrected chi connectivity index (χ4v) is 0.870. The van der Waals surface area contributed by atoms with E-state index in [-0.39, 0.29) is 6.67 Å². The van der Waals surface area contributed by atoms with Crippen molar-refractivity contribution in [1.82, 2.24) is 10.2 Å². The molecule has 0 aliphatic heterocycles. The summed E-state index contributed by atoms with van der Waals surface area (Å²) in [5, 5.41) is 3.02. The largest absolute Gasteiger partial charge is 0.314 e. The fraction of sp³-hybridized carbons (Fsp3) is 1.00. The van der Waals surface area contributed by atoms with Gasteiger partial charge in [0.05, 0.1) is 0 Å². The number of alkyl halides is 1. The van der Waals surface area contributed by atoms with E-state index in [1.165, 1.54) is 6.42 Å². The van der Waals surface area contributed by atoms with Crippen LogP contribution in [0.15, 0.2) is 0 Å². The lowest BCUT2D eigenvalue weighted by molar-refractivity contribution is 0.389. The summed E-state index contributed by atoms with van der Waals surface area (Å²) >= 11 is 0. The maximum atomic E-state index is 11.6. The molecular weight excluding hydrogens is 143 g/mol. The molecule has 0 aromatic heterocycles. The lowest BCUT2D eigenvalue weighted by Gasteiger charge is -2.08. The highest BCUT2D eigenvalue weighted by Gasteiger charge is 1.90. The van der Waals surface area contributed by atoms with E-state index in [9.17, 15) is 4.39 Å². The Hall–Kier alpha value is -0.150. The van der Waals surface area contributed by atoms with Crippen molar-refractivity contribution in [1.29, 1.82) is 0 Å². The van der Waals surface area contributed by atoms with Crippen molar-refractivity contribution in [2.24, 2.45) is 0 Å². The SMILES string of the molecule is CN(C)CCCCNCCF. The van der Waals surface area contributed by atoms with Crippen LogP contribution in [-0.2, 0) is 0 Å². The van der Waals surface area contributed by atoms with E-state index in [0.717, 1.165) is 19.5 Å². The number of nitrogens with zero attached hydrogens (tertiary/aromatic N) is 1. The molecule has 0 aliphatic carbocycles. The Morgan fingerprint density at radius 1 is 1.18 bits per heavy atom. The van der Waals surface area contributed by atoms with Gasteiger partial charge in [-0.3, -0.25) is 0 Å². The highest BCUT2D eigenvalue weighted by Crippen LogP contribution is 1.88. The molecule has 3 heteroatoms. The first-order valence-corrected chi connectivity index (χ1v) is 4.19. The van der Waals surface area contributed by atoms with Crippen molar-refractivity contribution in [2.45, 2.75) is 12.8 Å². The molecule has 11 heavy (non-hydrogen) atoms. The van der Waals surface area contributed by atoms with Crippen LogP contribution in [0.3, 0.4) is 0 Å². The van der Waals surface area contributed by atoms with E-state index in [2.05, 4.69) is 24.3 Å². The summed E-state index contributed by atoms with van der Waals surface area (Å²) in [6.45, 7) is 2.31. The molecule has 0 saturated carbocycles. The molecule has 0 saturated heterocycles. The first kappa shape index (κ1) is 10.8. The fourth-order valence-electron chi connectivity index (χ4n) is 0.870. The zero-order valence-electron chi connectivity index (χ0n) is 7.57. The highest BCUT2D eigenvalue weighted by atomic mass is 19.1. The number of halogens is 1. The molecule has 0 atom stereocenters. The van der Waals surface area contributed by atoms with E-state index in [1.807, 2.05) is 0 Å². The molecule has 0 amide bonds. The molecule has 0 spiro atoms. The maximum absolute atomic E-state index is 11.6. The monoisotopic (exact) mass is 162 g/mol. The van der Waals surface area contributed by atoms with Crippen molar-refractivity contribution in [2.75, 3.05) is 40.4 Å². The zero-order chi connectivity index (χ0) is 8.53. The number of hydrogen-bond donors (Lipinski definition) is 1. The Morgan fingerprint density at radius 3 is 2.45 bits per heavy atom. The Labute approximate surface area is 68.8 Å². The van der Waals surface area contributed by atoms with E-state index >= 15 is 0 Å². The maximum Gasteiger partial charge on any atom is 0.102 e. The van der Waals surface area contributed by atoms with Crippen molar-refractivity contribution >= 4 is 0 Å². The topological polar surface area (TPSA) is 15.3 Å². The molecule has 0 bridgehead atoms. The van der Waals surface area contributed by atoms with Crippen LogP contribution in [0.5, 0.6) is 0 Å². The normalized spacial score (nSPS) is 10.9. The molecule has 0 fully saturated rings. The second kappa shape index (κ2) is 7.95. The van der Waals surface area contributed by atoms with Gasteiger partial charge in [-0.1, -0.05) is 0 Å². The van der Waals surface area contributed by atoms with Crippen molar-refractivity contribution in [3.05, 3.63) is 0 Å². The van der Waals surface area contributed by atoms with Crippen LogP contribution in [0.25, 0.3) is 0 Å². The minimum absolute atomic E-state index is 0.256. The van der Waals surface area contributed by atoms with Gasteiger partial charge in [0.2, 0.25) is 0 Å². The second-order valence-corrected chi connectivity index (χ2v) is 2.95. The third-order valence-corrected chi connectivity index (χ3v) is 1.48. The Bertz CT molecular complexity index is 76.5. The molecule has 0 aromatic rings. The second-order valence-electron chi connectivity index (χ2n) is 2.95. The molecule has 0 aromatic carbocycles. The summed E-state index contributed by atoms with van der Waals surface area (Å²) in [4.78, 5) is 2.16. The summed E-state index contributed by atoms with van der Waals surface area (Å²) < 4.78 is 11.6. The average Bonchev–Trinajstić information content (AvgIpc) is 1.96. The van der Waals surface area contributed by atoms with Gasteiger partial charge in [0.25, 0.3) is 0 Å². The molecular formula is C8H19FN2. The first-order chi connectivity index (χ1) is 5.27. The molecule has 0 unspecified atom stereocenters. The van der Waals surface area contributed by atoms with Crippen LogP contribution >= 0.6 is 0 Å². The predicted molar refractivity (Wildman–Crippen MR) is 46.6 cm³/mol. The van der Waals surface area contributed by atoms with Crippen LogP contribution in [0, 0.1) is 0 Å². The minimum atomic E-state index is -0.256. The minimum Gasteiger partial charge on any atom is -0.314 e. The van der Waals surface area contributed by atoms with Gasteiger partial charge in [-0.2, -0.15) is 0 Å². The number of rotatable bonds is 7. The van der Waals surface area contributed by atoms with Crippen LogP contribution in [0.2, 0.25) is 0 Å².